The Morgan fingerprint density at radius 1 is 0.634 bits per heavy atom. The summed E-state index contributed by atoms with van der Waals surface area (Å²) in [7, 11) is 0. The number of carbonyl (C=O) groups excluding carboxylic acids is 1. The number of halogens is 9. The van der Waals surface area contributed by atoms with Gasteiger partial charge in [0, 0.05) is 49.3 Å². The van der Waals surface area contributed by atoms with Crippen LogP contribution in [0.15, 0.2) is 82.8 Å². The number of nitrogen functional groups attached to an aromatic ring is 4. The lowest BCUT2D eigenvalue weighted by Gasteiger charge is -2.20. The van der Waals surface area contributed by atoms with Gasteiger partial charge in [-0.3, -0.25) is 25.5 Å². The van der Waals surface area contributed by atoms with E-state index in [4.69, 9.17) is 113 Å². The Morgan fingerprint density at radius 2 is 1.03 bits per heavy atom. The SMILES string of the molecule is CC(C)(C)OC(=O)Nc1cc(Cl)cnc1C(=O)O.Cl.N#Cc1ncc(Cl)cc1N.Nc1cc(Cl)cnc1Br.Nc1cc(Cl)cnc1C(=O)O.Nc1ncc(Cl)cc1[N+](=O)[O-].O=[N+]([O-])c1cc(Cl)cnc1Br. The fraction of sp³-hybridized carbons (Fsp3) is 0.105. The molecule has 24 nitrogen and oxygen atoms in total. The summed E-state index contributed by atoms with van der Waals surface area (Å²) in [6.45, 7) is 5.09. The summed E-state index contributed by atoms with van der Waals surface area (Å²) in [4.78, 5) is 73.8. The van der Waals surface area contributed by atoms with Crippen molar-refractivity contribution in [2.75, 3.05) is 28.3 Å². The summed E-state index contributed by atoms with van der Waals surface area (Å²) in [5, 5.41) is 50.5. The first-order valence-electron chi connectivity index (χ1n) is 17.9. The maximum absolute atomic E-state index is 11.5. The number of carbonyl (C=O) groups is 3. The number of hydrogen-bond acceptors (Lipinski definition) is 19. The van der Waals surface area contributed by atoms with Gasteiger partial charge in [0.05, 0.1) is 62.7 Å². The molecule has 0 spiro atoms. The number of ether oxygens (including phenoxy) is 1. The van der Waals surface area contributed by atoms with E-state index >= 15 is 0 Å². The Bertz CT molecular complexity index is 2840. The maximum Gasteiger partial charge on any atom is 0.412 e. The van der Waals surface area contributed by atoms with E-state index in [1.54, 1.807) is 26.8 Å². The Hall–Kier alpha value is -6.41. The number of aromatic carboxylic acids is 2. The highest BCUT2D eigenvalue weighted by molar-refractivity contribution is 9.10. The number of anilines is 5. The van der Waals surface area contributed by atoms with Gasteiger partial charge in [-0.25, -0.2) is 44.3 Å². The number of nitrogens with zero attached hydrogens (tertiary/aromatic N) is 9. The van der Waals surface area contributed by atoms with Gasteiger partial charge in [0.15, 0.2) is 21.7 Å². The second kappa shape index (κ2) is 31.0. The van der Waals surface area contributed by atoms with Gasteiger partial charge in [0.1, 0.15) is 16.3 Å². The number of carboxylic acid groups (broad SMARTS) is 2. The van der Waals surface area contributed by atoms with Crippen molar-refractivity contribution < 1.29 is 39.2 Å². The van der Waals surface area contributed by atoms with Crippen molar-refractivity contribution in [1.29, 1.82) is 5.26 Å². The third-order valence-corrected chi connectivity index (χ3v) is 9.16. The Kier molecular flexibility index (Phi) is 28.2. The molecule has 6 heterocycles. The minimum absolute atomic E-state index is 0. The molecule has 378 valence electrons. The van der Waals surface area contributed by atoms with Crippen molar-refractivity contribution in [3.8, 4) is 6.07 Å². The van der Waals surface area contributed by atoms with Gasteiger partial charge in [-0.2, -0.15) is 5.26 Å². The number of amides is 1. The van der Waals surface area contributed by atoms with Crippen molar-refractivity contribution in [3.63, 3.8) is 0 Å². The average molecular weight is 1250 g/mol. The number of aromatic nitrogens is 6. The van der Waals surface area contributed by atoms with Crippen LogP contribution in [0.1, 0.15) is 47.4 Å². The molecule has 0 aromatic carbocycles. The van der Waals surface area contributed by atoms with E-state index in [1.807, 2.05) is 6.07 Å². The van der Waals surface area contributed by atoms with E-state index in [-0.39, 0.29) is 77.7 Å². The van der Waals surface area contributed by atoms with Gasteiger partial charge in [0.2, 0.25) is 5.82 Å². The van der Waals surface area contributed by atoms with Gasteiger partial charge in [-0.1, -0.05) is 69.6 Å². The zero-order valence-corrected chi connectivity index (χ0v) is 44.4. The van der Waals surface area contributed by atoms with Crippen molar-refractivity contribution in [3.05, 3.63) is 150 Å². The summed E-state index contributed by atoms with van der Waals surface area (Å²) in [5.74, 6) is -2.55. The third-order valence-electron chi connectivity index (χ3n) is 6.65. The largest absolute Gasteiger partial charge is 0.476 e. The highest BCUT2D eigenvalue weighted by Crippen LogP contribution is 2.25. The molecule has 0 unspecified atom stereocenters. The van der Waals surface area contributed by atoms with E-state index in [0.29, 0.717) is 31.0 Å². The number of nitrogens with one attached hydrogen (secondary N) is 1. The highest BCUT2D eigenvalue weighted by Gasteiger charge is 2.20. The van der Waals surface area contributed by atoms with Crippen molar-refractivity contribution >= 4 is 172 Å². The summed E-state index contributed by atoms with van der Waals surface area (Å²) < 4.78 is 5.82. The van der Waals surface area contributed by atoms with Crippen LogP contribution in [0.3, 0.4) is 0 Å². The summed E-state index contributed by atoms with van der Waals surface area (Å²) in [5.41, 5.74) is 20.9. The van der Waals surface area contributed by atoms with Gasteiger partial charge >= 0.3 is 29.4 Å². The minimum Gasteiger partial charge on any atom is -0.476 e. The first kappa shape index (κ1) is 64.6. The molecule has 11 N–H and O–H groups in total. The van der Waals surface area contributed by atoms with Crippen molar-refractivity contribution in [2.45, 2.75) is 26.4 Å². The number of nitrogens with two attached hydrogens (primary N) is 4. The normalized spacial score (nSPS) is 9.66. The monoisotopic (exact) mass is 1250 g/mol. The topological polar surface area (TPSA) is 404 Å². The molecule has 71 heavy (non-hydrogen) atoms. The fourth-order valence-corrected chi connectivity index (χ4v) is 5.40. The number of pyridine rings is 6. The van der Waals surface area contributed by atoms with Gasteiger partial charge < -0.3 is 37.9 Å². The summed E-state index contributed by atoms with van der Waals surface area (Å²) in [6.07, 6.45) is 7.15. The van der Waals surface area contributed by atoms with Crippen LogP contribution in [0, 0.1) is 31.6 Å². The van der Waals surface area contributed by atoms with E-state index < -0.39 is 33.5 Å². The van der Waals surface area contributed by atoms with Crippen LogP contribution in [0.5, 0.6) is 0 Å². The maximum atomic E-state index is 11.5. The second-order valence-electron chi connectivity index (χ2n) is 13.2. The molecule has 0 fully saturated rings. The first-order valence-corrected chi connectivity index (χ1v) is 21.7. The molecule has 1 amide bonds. The fourth-order valence-electron chi connectivity index (χ4n) is 3.86. The van der Waals surface area contributed by atoms with Crippen molar-refractivity contribution in [1.82, 2.24) is 29.9 Å². The molecular weight excluding hydrogens is 1220 g/mol. The molecule has 0 bridgehead atoms. The molecule has 0 saturated heterocycles. The molecule has 6 rings (SSSR count). The van der Waals surface area contributed by atoms with E-state index in [1.165, 1.54) is 61.4 Å². The Balaban J connectivity index is 0.000000839. The van der Waals surface area contributed by atoms with E-state index in [2.05, 4.69) is 67.1 Å². The minimum atomic E-state index is -1.27. The predicted molar refractivity (Wildman–Crippen MR) is 278 cm³/mol. The summed E-state index contributed by atoms with van der Waals surface area (Å²) >= 11 is 39.2. The molecule has 0 aliphatic carbocycles. The smallest absolute Gasteiger partial charge is 0.412 e. The number of nitriles is 1. The lowest BCUT2D eigenvalue weighted by molar-refractivity contribution is -0.386. The second-order valence-corrected chi connectivity index (χ2v) is 17.3. The zero-order chi connectivity index (χ0) is 53.6. The van der Waals surface area contributed by atoms with Crippen molar-refractivity contribution in [2.24, 2.45) is 0 Å². The molecule has 0 radical (unpaired) electrons. The molecular formula is C38H33Br2Cl7N14O10. The molecule has 0 aliphatic rings. The Labute approximate surface area is 453 Å². The molecule has 6 aromatic rings. The van der Waals surface area contributed by atoms with Crippen LogP contribution < -0.4 is 28.3 Å². The van der Waals surface area contributed by atoms with Crippen LogP contribution in [-0.4, -0.2) is 73.6 Å². The quantitative estimate of drug-likeness (QED) is 0.0479. The number of nitro groups is 2. The lowest BCUT2D eigenvalue weighted by Crippen LogP contribution is -2.28. The average Bonchev–Trinajstić information content (AvgIpc) is 3.24. The number of hydrogen-bond donors (Lipinski definition) is 7. The third kappa shape index (κ3) is 24.8. The van der Waals surface area contributed by atoms with E-state index in [0.717, 1.165) is 6.07 Å². The Morgan fingerprint density at radius 3 is 1.42 bits per heavy atom. The molecule has 33 heteroatoms. The lowest BCUT2D eigenvalue weighted by atomic mass is 10.2. The van der Waals surface area contributed by atoms with Crippen LogP contribution in [-0.2, 0) is 4.74 Å². The van der Waals surface area contributed by atoms with Crippen LogP contribution in [0.2, 0.25) is 30.1 Å². The van der Waals surface area contributed by atoms with Crippen LogP contribution in [0.25, 0.3) is 0 Å². The molecule has 0 atom stereocenters. The molecule has 0 saturated carbocycles. The number of carboxylic acids is 2. The molecule has 0 aliphatic heterocycles. The molecule has 6 aromatic heterocycles. The van der Waals surface area contributed by atoms with Crippen LogP contribution >= 0.6 is 114 Å². The van der Waals surface area contributed by atoms with Gasteiger partial charge in [-0.15, -0.1) is 12.4 Å². The van der Waals surface area contributed by atoms with E-state index in [9.17, 15) is 34.6 Å². The summed E-state index contributed by atoms with van der Waals surface area (Å²) in [6, 6.07) is 9.99. The van der Waals surface area contributed by atoms with Crippen LogP contribution in [0.4, 0.5) is 44.7 Å². The zero-order valence-electron chi connectivity index (χ0n) is 35.9. The predicted octanol–water partition coefficient (Wildman–Crippen LogP) is 11.1. The highest BCUT2D eigenvalue weighted by atomic mass is 79.9. The van der Waals surface area contributed by atoms with Gasteiger partial charge in [0.25, 0.3) is 0 Å². The first-order chi connectivity index (χ1) is 32.4. The standard InChI is InChI=1S/C11H13ClN2O4.C6H4ClN3.C6H5ClN2O2.C5H2BrClN2O2.C5H4BrClN2.C5H4ClN3O2.ClH/c1-11(2,3)18-10(17)14-7-4-6(12)5-13-8(7)9(15)16;7-4-1-5(9)6(2-8)10-3-4;7-3-1-4(8)5(6(10)11)9-2-3;6-5-4(9(10)11)1-3(7)2-8-5;6-5-4(8)1-3(7)2-9-5;6-3-1-4(9(10)11)5(7)8-2-3;/h4-5H,1-3H3,(H,14,17)(H,15,16);1,3H,9H2;1-2H,8H2,(H,10,11);1-2H;1-2H,8H2;1-2H,(H2,7,8);1H. The van der Waals surface area contributed by atoms with Gasteiger partial charge in [-0.05, 0) is 76.9 Å². The number of rotatable bonds is 5.